The molecule has 0 atom stereocenters. The molecule has 160 valence electrons. The van der Waals surface area contributed by atoms with Gasteiger partial charge in [-0.1, -0.05) is 53.7 Å². The van der Waals surface area contributed by atoms with Crippen LogP contribution in [0.5, 0.6) is 0 Å². The Morgan fingerprint density at radius 1 is 1.14 bits per heavy atom. The number of nitrogens with zero attached hydrogens (tertiary/aromatic N) is 3. The van der Waals surface area contributed by atoms with Crippen molar-refractivity contribution in [1.82, 2.24) is 14.7 Å². The van der Waals surface area contributed by atoms with Crippen LogP contribution < -0.4 is 0 Å². The molecule has 0 spiro atoms. The maximum absolute atomic E-state index is 13.0. The van der Waals surface area contributed by atoms with E-state index in [0.29, 0.717) is 29.7 Å². The second kappa shape index (κ2) is 8.66. The summed E-state index contributed by atoms with van der Waals surface area (Å²) in [5.74, 6) is -0.0872. The van der Waals surface area contributed by atoms with Crippen LogP contribution in [0.25, 0.3) is 10.9 Å². The summed E-state index contributed by atoms with van der Waals surface area (Å²) in [5, 5.41) is 14.8. The highest BCUT2D eigenvalue weighted by atomic mass is 16.3. The molecule has 1 aromatic carbocycles. The Kier molecular flexibility index (Phi) is 6.89. The van der Waals surface area contributed by atoms with E-state index >= 15 is 0 Å². The molecule has 0 fully saturated rings. The third kappa shape index (κ3) is 5.66. The number of aliphatic hydroxyl groups excluding tert-OH is 1. The number of aromatic nitrogens is 2. The topological polar surface area (TPSA) is 75.4 Å². The summed E-state index contributed by atoms with van der Waals surface area (Å²) in [5.41, 5.74) is 1.37. The van der Waals surface area contributed by atoms with Crippen LogP contribution in [0, 0.1) is 10.8 Å². The van der Waals surface area contributed by atoms with Gasteiger partial charge in [-0.3, -0.25) is 14.3 Å². The Bertz CT molecular complexity index is 885. The number of aliphatic hydroxyl groups is 1. The quantitative estimate of drug-likeness (QED) is 0.711. The molecular weight excluding hydrogens is 366 g/mol. The molecule has 0 aliphatic carbocycles. The molecule has 1 aromatic heterocycles. The van der Waals surface area contributed by atoms with Gasteiger partial charge in [0.25, 0.3) is 0 Å². The summed E-state index contributed by atoms with van der Waals surface area (Å²) in [4.78, 5) is 27.7. The maximum Gasteiger partial charge on any atom is 0.244 e. The Morgan fingerprint density at radius 3 is 2.31 bits per heavy atom. The number of carbonyl (C=O) groups excluding carboxylic acids is 2. The fourth-order valence-corrected chi connectivity index (χ4v) is 3.12. The minimum Gasteiger partial charge on any atom is -0.392 e. The molecule has 6 heteroatoms. The molecule has 1 amide bonds. The highest BCUT2D eigenvalue weighted by molar-refractivity contribution is 6.08. The van der Waals surface area contributed by atoms with E-state index in [4.69, 9.17) is 0 Å². The van der Waals surface area contributed by atoms with Gasteiger partial charge >= 0.3 is 0 Å². The first-order chi connectivity index (χ1) is 13.4. The van der Waals surface area contributed by atoms with E-state index in [1.807, 2.05) is 38.7 Å². The van der Waals surface area contributed by atoms with Crippen LogP contribution in [-0.2, 0) is 17.9 Å². The summed E-state index contributed by atoms with van der Waals surface area (Å²) in [6.45, 7) is 15.3. The lowest BCUT2D eigenvalue weighted by atomic mass is 9.88. The van der Waals surface area contributed by atoms with Gasteiger partial charge in [-0.15, -0.1) is 0 Å². The number of carbonyl (C=O) groups is 2. The van der Waals surface area contributed by atoms with Crippen LogP contribution >= 0.6 is 0 Å². The monoisotopic (exact) mass is 401 g/mol. The molecule has 0 aliphatic rings. The van der Waals surface area contributed by atoms with Gasteiger partial charge in [0.15, 0.2) is 5.78 Å². The predicted molar refractivity (Wildman–Crippen MR) is 116 cm³/mol. The van der Waals surface area contributed by atoms with Crippen molar-refractivity contribution in [3.05, 3.63) is 29.5 Å². The molecule has 2 aromatic rings. The van der Waals surface area contributed by atoms with Gasteiger partial charge in [-0.05, 0) is 30.4 Å². The smallest absolute Gasteiger partial charge is 0.244 e. The number of Topliss-reactive ketones (excluding diaryl/α,β-unsaturated/α-hetero) is 1. The highest BCUT2D eigenvalue weighted by Crippen LogP contribution is 2.27. The van der Waals surface area contributed by atoms with E-state index in [2.05, 4.69) is 25.9 Å². The summed E-state index contributed by atoms with van der Waals surface area (Å²) in [6.07, 6.45) is 0.912. The van der Waals surface area contributed by atoms with Crippen LogP contribution in [0.15, 0.2) is 18.2 Å². The summed E-state index contributed by atoms with van der Waals surface area (Å²) < 4.78 is 1.61. The van der Waals surface area contributed by atoms with E-state index < -0.39 is 5.41 Å². The van der Waals surface area contributed by atoms with E-state index in [-0.39, 0.29) is 30.3 Å². The minimum atomic E-state index is -0.575. The highest BCUT2D eigenvalue weighted by Gasteiger charge is 2.28. The predicted octanol–water partition coefficient (Wildman–Crippen LogP) is 4.04. The number of fused-ring (bicyclic) bond motifs is 1. The largest absolute Gasteiger partial charge is 0.392 e. The number of likely N-dealkylation sites (N-methyl/N-ethyl adjacent to an activating group) is 1. The standard InChI is InChI=1S/C23H35N3O3/c1-8-25(12-11-22(2,3)4)19(28)14-26-18-13-16(15-27)9-10-17(18)20(24-26)21(29)23(5,6)7/h9-10,13,27H,8,11-12,14-15H2,1-7H3. The van der Waals surface area contributed by atoms with Crippen molar-refractivity contribution in [3.8, 4) is 0 Å². The normalized spacial score (nSPS) is 12.4. The van der Waals surface area contributed by atoms with Crippen molar-refractivity contribution in [2.75, 3.05) is 13.1 Å². The fraction of sp³-hybridized carbons (Fsp3) is 0.609. The van der Waals surface area contributed by atoms with Gasteiger partial charge in [0.2, 0.25) is 5.91 Å². The molecule has 0 unspecified atom stereocenters. The number of hydrogen-bond acceptors (Lipinski definition) is 4. The van der Waals surface area contributed by atoms with Crippen molar-refractivity contribution < 1.29 is 14.7 Å². The van der Waals surface area contributed by atoms with E-state index in [1.54, 1.807) is 16.8 Å². The number of ketones is 1. The second-order valence-electron chi connectivity index (χ2n) is 9.88. The zero-order valence-corrected chi connectivity index (χ0v) is 18.9. The first-order valence-corrected chi connectivity index (χ1v) is 10.3. The molecule has 0 aliphatic heterocycles. The van der Waals surface area contributed by atoms with Crippen LogP contribution in [-0.4, -0.2) is 44.6 Å². The number of benzene rings is 1. The van der Waals surface area contributed by atoms with Crippen molar-refractivity contribution in [2.45, 2.75) is 68.0 Å². The van der Waals surface area contributed by atoms with Gasteiger partial charge in [0.05, 0.1) is 12.1 Å². The Balaban J connectivity index is 2.40. The first kappa shape index (κ1) is 23.1. The second-order valence-corrected chi connectivity index (χ2v) is 9.88. The van der Waals surface area contributed by atoms with Crippen LogP contribution in [0.2, 0.25) is 0 Å². The van der Waals surface area contributed by atoms with Gasteiger partial charge in [0, 0.05) is 23.9 Å². The molecule has 0 saturated heterocycles. The average molecular weight is 402 g/mol. The zero-order chi connectivity index (χ0) is 22.0. The van der Waals surface area contributed by atoms with E-state index in [1.165, 1.54) is 0 Å². The van der Waals surface area contributed by atoms with Crippen molar-refractivity contribution in [1.29, 1.82) is 0 Å². The molecule has 1 heterocycles. The van der Waals surface area contributed by atoms with Gasteiger partial charge < -0.3 is 10.0 Å². The lowest BCUT2D eigenvalue weighted by Crippen LogP contribution is -2.36. The average Bonchev–Trinajstić information content (AvgIpc) is 2.97. The molecule has 29 heavy (non-hydrogen) atoms. The Morgan fingerprint density at radius 2 is 1.79 bits per heavy atom. The zero-order valence-electron chi connectivity index (χ0n) is 18.9. The maximum atomic E-state index is 13.0. The SMILES string of the molecule is CCN(CCC(C)(C)C)C(=O)Cn1nc(C(=O)C(C)(C)C)c2ccc(CO)cc21. The first-order valence-electron chi connectivity index (χ1n) is 10.3. The number of rotatable bonds is 7. The van der Waals surface area contributed by atoms with Crippen LogP contribution in [0.3, 0.4) is 0 Å². The molecule has 0 saturated carbocycles. The van der Waals surface area contributed by atoms with Crippen molar-refractivity contribution in [3.63, 3.8) is 0 Å². The molecular formula is C23H35N3O3. The van der Waals surface area contributed by atoms with E-state index in [9.17, 15) is 14.7 Å². The third-order valence-electron chi connectivity index (χ3n) is 5.05. The Hall–Kier alpha value is -2.21. The lowest BCUT2D eigenvalue weighted by Gasteiger charge is -2.26. The summed E-state index contributed by atoms with van der Waals surface area (Å²) in [7, 11) is 0. The van der Waals surface area contributed by atoms with Crippen molar-refractivity contribution >= 4 is 22.6 Å². The number of hydrogen-bond donors (Lipinski definition) is 1. The molecule has 0 radical (unpaired) electrons. The van der Waals surface area contributed by atoms with Gasteiger partial charge in [0.1, 0.15) is 12.2 Å². The Labute approximate surface area is 173 Å². The minimum absolute atomic E-state index is 0.0229. The van der Waals surface area contributed by atoms with Gasteiger partial charge in [-0.2, -0.15) is 5.10 Å². The van der Waals surface area contributed by atoms with E-state index in [0.717, 1.165) is 12.0 Å². The van der Waals surface area contributed by atoms with Gasteiger partial charge in [-0.25, -0.2) is 0 Å². The summed E-state index contributed by atoms with van der Waals surface area (Å²) >= 11 is 0. The molecule has 2 rings (SSSR count). The number of amides is 1. The molecule has 0 bridgehead atoms. The third-order valence-corrected chi connectivity index (χ3v) is 5.05. The molecule has 1 N–H and O–H groups in total. The van der Waals surface area contributed by atoms with Crippen molar-refractivity contribution in [2.24, 2.45) is 10.8 Å². The van der Waals surface area contributed by atoms with Crippen LogP contribution in [0.4, 0.5) is 0 Å². The fourth-order valence-electron chi connectivity index (χ4n) is 3.12. The van der Waals surface area contributed by atoms with Crippen LogP contribution in [0.1, 0.15) is 70.9 Å². The summed E-state index contributed by atoms with van der Waals surface area (Å²) in [6, 6.07) is 5.41. The molecule has 6 nitrogen and oxygen atoms in total. The lowest BCUT2D eigenvalue weighted by molar-refractivity contribution is -0.132.